The molecular formula is C12H10BrN4+. The molecule has 0 bridgehead atoms. The highest BCUT2D eigenvalue weighted by Gasteiger charge is 2.15. The summed E-state index contributed by atoms with van der Waals surface area (Å²) in [7, 11) is 0. The van der Waals surface area contributed by atoms with E-state index in [-0.39, 0.29) is 0 Å². The third-order valence-electron chi connectivity index (χ3n) is 2.58. The van der Waals surface area contributed by atoms with Crippen LogP contribution in [-0.4, -0.2) is 9.78 Å². The number of hydrogen-bond acceptors (Lipinski definition) is 2. The molecule has 0 saturated heterocycles. The first-order chi connectivity index (χ1) is 8.25. The molecule has 3 rings (SSSR count). The minimum absolute atomic E-state index is 0.475. The molecule has 3 aromatic rings. The maximum atomic E-state index is 5.87. The van der Waals surface area contributed by atoms with Crippen LogP contribution in [0.3, 0.4) is 0 Å². The van der Waals surface area contributed by atoms with Crippen molar-refractivity contribution >= 4 is 27.5 Å². The van der Waals surface area contributed by atoms with E-state index in [4.69, 9.17) is 5.73 Å². The average Bonchev–Trinajstić information content (AvgIpc) is 2.69. The molecule has 1 aromatic carbocycles. The Balaban J connectivity index is 2.27. The van der Waals surface area contributed by atoms with Gasteiger partial charge >= 0.3 is 5.95 Å². The van der Waals surface area contributed by atoms with Crippen molar-refractivity contribution in [3.05, 3.63) is 53.1 Å². The first-order valence-corrected chi connectivity index (χ1v) is 5.96. The van der Waals surface area contributed by atoms with Crippen LogP contribution in [0.15, 0.2) is 53.1 Å². The van der Waals surface area contributed by atoms with Crippen LogP contribution < -0.4 is 10.1 Å². The van der Waals surface area contributed by atoms with Gasteiger partial charge in [-0.3, -0.25) is 0 Å². The van der Waals surface area contributed by atoms with Crippen molar-refractivity contribution in [1.29, 1.82) is 0 Å². The molecule has 2 heterocycles. The van der Waals surface area contributed by atoms with E-state index in [0.717, 1.165) is 15.8 Å². The predicted octanol–water partition coefficient (Wildman–Crippen LogP) is 1.96. The lowest BCUT2D eigenvalue weighted by atomic mass is 10.3. The maximum Gasteiger partial charge on any atom is 0.380 e. The van der Waals surface area contributed by atoms with Crippen LogP contribution in [0.25, 0.3) is 11.3 Å². The zero-order chi connectivity index (χ0) is 11.8. The number of fused-ring (bicyclic) bond motifs is 1. The standard InChI is InChI=1S/C12H10BrN4/c13-9-4-6-10(7-5-9)17-11-3-1-2-8-16(11)12(14)15-17/h1-8H,(H2,14,15)/q+1. The van der Waals surface area contributed by atoms with E-state index in [0.29, 0.717) is 5.95 Å². The minimum atomic E-state index is 0.475. The zero-order valence-electron chi connectivity index (χ0n) is 8.92. The van der Waals surface area contributed by atoms with Gasteiger partial charge in [-0.25, -0.2) is 0 Å². The summed E-state index contributed by atoms with van der Waals surface area (Å²) in [6.07, 6.45) is 1.90. The van der Waals surface area contributed by atoms with E-state index in [2.05, 4.69) is 21.0 Å². The van der Waals surface area contributed by atoms with Crippen LogP contribution in [0.4, 0.5) is 5.95 Å². The minimum Gasteiger partial charge on any atom is -0.305 e. The first kappa shape index (κ1) is 10.3. The quantitative estimate of drug-likeness (QED) is 0.696. The molecule has 0 saturated carbocycles. The molecule has 4 nitrogen and oxygen atoms in total. The number of benzene rings is 1. The summed E-state index contributed by atoms with van der Waals surface area (Å²) in [6.45, 7) is 0. The summed E-state index contributed by atoms with van der Waals surface area (Å²) < 4.78 is 4.71. The molecule has 0 aliphatic heterocycles. The van der Waals surface area contributed by atoms with Gasteiger partial charge in [0.1, 0.15) is 5.69 Å². The van der Waals surface area contributed by atoms with Crippen molar-refractivity contribution in [1.82, 2.24) is 9.78 Å². The van der Waals surface area contributed by atoms with Gasteiger partial charge in [-0.15, -0.1) is 4.68 Å². The SMILES string of the molecule is Nc1nn(-c2ccc(Br)cc2)c2cccc[n+]12. The van der Waals surface area contributed by atoms with Crippen LogP contribution in [0, 0.1) is 0 Å². The summed E-state index contributed by atoms with van der Waals surface area (Å²) in [6, 6.07) is 13.8. The van der Waals surface area contributed by atoms with E-state index in [1.807, 2.05) is 57.7 Å². The number of aromatic nitrogens is 3. The summed E-state index contributed by atoms with van der Waals surface area (Å²) in [5.41, 5.74) is 7.78. The fourth-order valence-corrected chi connectivity index (χ4v) is 2.04. The fraction of sp³-hybridized carbons (Fsp3) is 0. The Bertz CT molecular complexity index is 673. The highest BCUT2D eigenvalue weighted by atomic mass is 79.9. The fourth-order valence-electron chi connectivity index (χ4n) is 1.77. The molecule has 2 aromatic heterocycles. The molecule has 0 amide bonds. The first-order valence-electron chi connectivity index (χ1n) is 5.16. The summed E-state index contributed by atoms with van der Waals surface area (Å²) in [4.78, 5) is 0. The summed E-state index contributed by atoms with van der Waals surface area (Å²) >= 11 is 3.41. The van der Waals surface area contributed by atoms with Crippen molar-refractivity contribution < 1.29 is 4.40 Å². The third kappa shape index (κ3) is 1.68. The van der Waals surface area contributed by atoms with Gasteiger partial charge in [-0.05, 0) is 30.3 Å². The van der Waals surface area contributed by atoms with Gasteiger partial charge in [0.2, 0.25) is 5.65 Å². The van der Waals surface area contributed by atoms with Crippen LogP contribution in [0.2, 0.25) is 0 Å². The van der Waals surface area contributed by atoms with Crippen molar-refractivity contribution in [2.75, 3.05) is 5.73 Å². The Morgan fingerprint density at radius 3 is 2.65 bits per heavy atom. The Morgan fingerprint density at radius 2 is 1.88 bits per heavy atom. The van der Waals surface area contributed by atoms with Gasteiger partial charge in [0.25, 0.3) is 0 Å². The second kappa shape index (κ2) is 3.85. The highest BCUT2D eigenvalue weighted by molar-refractivity contribution is 9.10. The normalized spacial score (nSPS) is 10.9. The highest BCUT2D eigenvalue weighted by Crippen LogP contribution is 2.15. The van der Waals surface area contributed by atoms with Crippen molar-refractivity contribution in [2.24, 2.45) is 0 Å². The number of hydrogen-bond donors (Lipinski definition) is 1. The van der Waals surface area contributed by atoms with Gasteiger partial charge < -0.3 is 5.73 Å². The number of rotatable bonds is 1. The molecule has 5 heteroatoms. The van der Waals surface area contributed by atoms with E-state index in [1.165, 1.54) is 0 Å². The molecular weight excluding hydrogens is 280 g/mol. The number of nitrogen functional groups attached to an aromatic ring is 1. The predicted molar refractivity (Wildman–Crippen MR) is 68.8 cm³/mol. The van der Waals surface area contributed by atoms with Crippen LogP contribution in [0.5, 0.6) is 0 Å². The van der Waals surface area contributed by atoms with Gasteiger partial charge in [-0.1, -0.05) is 22.0 Å². The van der Waals surface area contributed by atoms with Crippen molar-refractivity contribution in [2.45, 2.75) is 0 Å². The molecule has 0 radical (unpaired) electrons. The molecule has 84 valence electrons. The molecule has 0 unspecified atom stereocenters. The molecule has 0 spiro atoms. The van der Waals surface area contributed by atoms with Gasteiger partial charge in [-0.2, -0.15) is 4.40 Å². The molecule has 0 atom stereocenters. The smallest absolute Gasteiger partial charge is 0.305 e. The lowest BCUT2D eigenvalue weighted by Gasteiger charge is -1.96. The maximum absolute atomic E-state index is 5.87. The van der Waals surface area contributed by atoms with E-state index >= 15 is 0 Å². The van der Waals surface area contributed by atoms with Crippen LogP contribution in [-0.2, 0) is 0 Å². The largest absolute Gasteiger partial charge is 0.380 e. The Kier molecular flexibility index (Phi) is 2.33. The number of nitrogens with two attached hydrogens (primary N) is 1. The van der Waals surface area contributed by atoms with Crippen LogP contribution >= 0.6 is 15.9 Å². The average molecular weight is 290 g/mol. The number of anilines is 1. The summed E-state index contributed by atoms with van der Waals surface area (Å²) in [5, 5.41) is 4.33. The van der Waals surface area contributed by atoms with Gasteiger partial charge in [0.05, 0.1) is 6.20 Å². The monoisotopic (exact) mass is 289 g/mol. The lowest BCUT2D eigenvalue weighted by molar-refractivity contribution is -0.495. The Labute approximate surface area is 106 Å². The van der Waals surface area contributed by atoms with E-state index < -0.39 is 0 Å². The molecule has 0 aliphatic rings. The second-order valence-corrected chi connectivity index (χ2v) is 4.59. The van der Waals surface area contributed by atoms with Gasteiger partial charge in [0, 0.05) is 15.6 Å². The molecule has 0 fully saturated rings. The van der Waals surface area contributed by atoms with E-state index in [9.17, 15) is 0 Å². The lowest BCUT2D eigenvalue weighted by Crippen LogP contribution is -2.22. The number of halogens is 1. The molecule has 2 N–H and O–H groups in total. The summed E-state index contributed by atoms with van der Waals surface area (Å²) in [5.74, 6) is 0.475. The number of nitrogens with zero attached hydrogens (tertiary/aromatic N) is 3. The Hall–Kier alpha value is -1.88. The molecule has 0 aliphatic carbocycles. The van der Waals surface area contributed by atoms with E-state index in [1.54, 1.807) is 0 Å². The van der Waals surface area contributed by atoms with Crippen LogP contribution in [0.1, 0.15) is 0 Å². The van der Waals surface area contributed by atoms with Crippen molar-refractivity contribution in [3.8, 4) is 5.69 Å². The third-order valence-corrected chi connectivity index (χ3v) is 3.10. The zero-order valence-corrected chi connectivity index (χ0v) is 10.5. The van der Waals surface area contributed by atoms with Gasteiger partial charge in [0.15, 0.2) is 0 Å². The number of pyridine rings is 1. The Morgan fingerprint density at radius 1 is 1.12 bits per heavy atom. The molecule has 17 heavy (non-hydrogen) atoms. The topological polar surface area (TPSA) is 47.9 Å². The second-order valence-electron chi connectivity index (χ2n) is 3.68. The van der Waals surface area contributed by atoms with Crippen molar-refractivity contribution in [3.63, 3.8) is 0 Å².